The summed E-state index contributed by atoms with van der Waals surface area (Å²) >= 11 is 0. The first-order chi connectivity index (χ1) is 13.1. The van der Waals surface area contributed by atoms with Crippen molar-refractivity contribution < 1.29 is 14.3 Å². The van der Waals surface area contributed by atoms with Crippen molar-refractivity contribution in [3.63, 3.8) is 0 Å². The molecule has 7 heteroatoms. The highest BCUT2D eigenvalue weighted by Gasteiger charge is 2.12. The number of aromatic nitrogens is 2. The number of ether oxygens (including phenoxy) is 2. The van der Waals surface area contributed by atoms with E-state index in [1.807, 2.05) is 6.92 Å². The van der Waals surface area contributed by atoms with Crippen LogP contribution >= 0.6 is 0 Å². The van der Waals surface area contributed by atoms with E-state index in [9.17, 15) is 9.59 Å². The fraction of sp³-hybridized carbons (Fsp3) is 0.300. The molecule has 0 spiro atoms. The van der Waals surface area contributed by atoms with Crippen LogP contribution in [0.3, 0.4) is 0 Å². The second-order valence-electron chi connectivity index (χ2n) is 6.09. The Hall–Kier alpha value is -3.22. The van der Waals surface area contributed by atoms with Gasteiger partial charge in [0.25, 0.3) is 5.91 Å². The molecule has 0 bridgehead atoms. The van der Waals surface area contributed by atoms with Crippen molar-refractivity contribution in [3.8, 4) is 11.5 Å². The van der Waals surface area contributed by atoms with Crippen LogP contribution in [0.2, 0.25) is 0 Å². The third-order valence-corrected chi connectivity index (χ3v) is 4.04. The zero-order valence-corrected chi connectivity index (χ0v) is 15.4. The van der Waals surface area contributed by atoms with Crippen LogP contribution in [0.4, 0.5) is 5.69 Å². The van der Waals surface area contributed by atoms with Crippen molar-refractivity contribution >= 4 is 22.6 Å². The summed E-state index contributed by atoms with van der Waals surface area (Å²) in [5, 5.41) is 2.83. The topological polar surface area (TPSA) is 96.2 Å². The molecule has 3 rings (SSSR count). The summed E-state index contributed by atoms with van der Waals surface area (Å²) in [6.07, 6.45) is 2.00. The summed E-state index contributed by atoms with van der Waals surface area (Å²) in [5.74, 6) is 0.910. The maximum atomic E-state index is 12.6. The number of carbonyl (C=O) groups is 1. The van der Waals surface area contributed by atoms with Gasteiger partial charge in [-0.15, -0.1) is 0 Å². The lowest BCUT2D eigenvalue weighted by Gasteiger charge is -2.13. The average molecular weight is 369 g/mol. The number of carbonyl (C=O) groups excluding carboxylic acids is 1. The summed E-state index contributed by atoms with van der Waals surface area (Å²) < 4.78 is 11.4. The summed E-state index contributed by atoms with van der Waals surface area (Å²) in [7, 11) is 0. The zero-order valence-electron chi connectivity index (χ0n) is 15.4. The van der Waals surface area contributed by atoms with Crippen LogP contribution in [-0.4, -0.2) is 29.1 Å². The van der Waals surface area contributed by atoms with Gasteiger partial charge in [0.2, 0.25) is 0 Å². The fourth-order valence-electron chi connectivity index (χ4n) is 2.68. The van der Waals surface area contributed by atoms with Gasteiger partial charge in [-0.3, -0.25) is 4.79 Å². The Morgan fingerprint density at radius 3 is 2.59 bits per heavy atom. The van der Waals surface area contributed by atoms with Gasteiger partial charge in [-0.2, -0.15) is 0 Å². The number of imidazole rings is 1. The van der Waals surface area contributed by atoms with Gasteiger partial charge in [0, 0.05) is 11.3 Å². The fourth-order valence-corrected chi connectivity index (χ4v) is 2.68. The van der Waals surface area contributed by atoms with Gasteiger partial charge in [0.05, 0.1) is 24.2 Å². The molecule has 0 saturated carbocycles. The minimum absolute atomic E-state index is 0.270. The standard InChI is InChI=1S/C20H23N3O4/c1-3-5-10-27-17-9-6-13(11-18(17)26-4-2)19(24)21-14-7-8-15-16(12-14)23-20(25)22-15/h6-9,11-12H,3-5,10H2,1-2H3,(H,21,24)(H2,22,23,25). The Morgan fingerprint density at radius 1 is 1.00 bits per heavy atom. The van der Waals surface area contributed by atoms with E-state index in [0.717, 1.165) is 12.8 Å². The Bertz CT molecular complexity index is 990. The predicted molar refractivity (Wildman–Crippen MR) is 105 cm³/mol. The molecule has 0 radical (unpaired) electrons. The van der Waals surface area contributed by atoms with Crippen molar-refractivity contribution in [3.05, 3.63) is 52.4 Å². The minimum Gasteiger partial charge on any atom is -0.490 e. The van der Waals surface area contributed by atoms with E-state index in [4.69, 9.17) is 9.47 Å². The number of nitrogens with one attached hydrogen (secondary N) is 3. The second-order valence-corrected chi connectivity index (χ2v) is 6.09. The Kier molecular flexibility index (Phi) is 5.80. The predicted octanol–water partition coefficient (Wildman–Crippen LogP) is 3.69. The molecule has 0 saturated heterocycles. The van der Waals surface area contributed by atoms with Crippen LogP contribution in [0, 0.1) is 0 Å². The highest BCUT2D eigenvalue weighted by molar-refractivity contribution is 6.05. The van der Waals surface area contributed by atoms with Crippen molar-refractivity contribution in [2.24, 2.45) is 0 Å². The van der Waals surface area contributed by atoms with Gasteiger partial charge >= 0.3 is 5.69 Å². The van der Waals surface area contributed by atoms with E-state index in [2.05, 4.69) is 22.2 Å². The molecular weight excluding hydrogens is 346 g/mol. The van der Waals surface area contributed by atoms with Gasteiger partial charge in [-0.1, -0.05) is 13.3 Å². The van der Waals surface area contributed by atoms with Crippen LogP contribution < -0.4 is 20.5 Å². The van der Waals surface area contributed by atoms with Crippen molar-refractivity contribution in [2.75, 3.05) is 18.5 Å². The smallest absolute Gasteiger partial charge is 0.323 e. The number of hydrogen-bond donors (Lipinski definition) is 3. The number of fused-ring (bicyclic) bond motifs is 1. The largest absolute Gasteiger partial charge is 0.490 e. The number of H-pyrrole nitrogens is 2. The van der Waals surface area contributed by atoms with Gasteiger partial charge in [0.1, 0.15) is 0 Å². The lowest BCUT2D eigenvalue weighted by Crippen LogP contribution is -2.12. The van der Waals surface area contributed by atoms with Crippen molar-refractivity contribution in [2.45, 2.75) is 26.7 Å². The first kappa shape index (κ1) is 18.6. The van der Waals surface area contributed by atoms with E-state index in [1.54, 1.807) is 36.4 Å². The summed E-state index contributed by atoms with van der Waals surface area (Å²) in [6, 6.07) is 10.3. The second kappa shape index (κ2) is 8.44. The first-order valence-corrected chi connectivity index (χ1v) is 9.03. The number of anilines is 1. The Balaban J connectivity index is 1.77. The minimum atomic E-state index is -0.284. The highest BCUT2D eigenvalue weighted by Crippen LogP contribution is 2.29. The molecule has 27 heavy (non-hydrogen) atoms. The molecule has 142 valence electrons. The molecule has 7 nitrogen and oxygen atoms in total. The lowest BCUT2D eigenvalue weighted by atomic mass is 10.1. The molecule has 3 N–H and O–H groups in total. The molecule has 0 aliphatic carbocycles. The van der Waals surface area contributed by atoms with Gasteiger partial charge in [-0.05, 0) is 49.7 Å². The molecule has 0 atom stereocenters. The summed E-state index contributed by atoms with van der Waals surface area (Å²) in [5.41, 5.74) is 2.08. The Morgan fingerprint density at radius 2 is 1.81 bits per heavy atom. The number of aromatic amines is 2. The number of unbranched alkanes of at least 4 members (excludes halogenated alkanes) is 1. The molecule has 3 aromatic rings. The van der Waals surface area contributed by atoms with Crippen LogP contribution in [-0.2, 0) is 0 Å². The van der Waals surface area contributed by atoms with Crippen LogP contribution in [0.5, 0.6) is 11.5 Å². The van der Waals surface area contributed by atoms with Crippen LogP contribution in [0.25, 0.3) is 11.0 Å². The lowest BCUT2D eigenvalue weighted by molar-refractivity contribution is 0.102. The average Bonchev–Trinajstić information content (AvgIpc) is 3.02. The number of rotatable bonds is 8. The van der Waals surface area contributed by atoms with E-state index >= 15 is 0 Å². The normalized spacial score (nSPS) is 10.7. The molecule has 0 fully saturated rings. The maximum Gasteiger partial charge on any atom is 0.323 e. The third-order valence-electron chi connectivity index (χ3n) is 4.04. The van der Waals surface area contributed by atoms with Gasteiger partial charge in [0.15, 0.2) is 11.5 Å². The van der Waals surface area contributed by atoms with E-state index in [1.165, 1.54) is 0 Å². The van der Waals surface area contributed by atoms with Gasteiger partial charge in [-0.25, -0.2) is 4.79 Å². The SMILES string of the molecule is CCCCOc1ccc(C(=O)Nc2ccc3[nH]c(=O)[nH]c3c2)cc1OCC. The van der Waals surface area contributed by atoms with Crippen molar-refractivity contribution in [1.82, 2.24) is 9.97 Å². The number of hydrogen-bond acceptors (Lipinski definition) is 4. The molecule has 1 heterocycles. The van der Waals surface area contributed by atoms with Crippen LogP contribution in [0.15, 0.2) is 41.2 Å². The van der Waals surface area contributed by atoms with Gasteiger partial charge < -0.3 is 24.8 Å². The quantitative estimate of drug-likeness (QED) is 0.528. The molecule has 0 aliphatic rings. The maximum absolute atomic E-state index is 12.6. The monoisotopic (exact) mass is 369 g/mol. The molecule has 1 amide bonds. The number of amides is 1. The van der Waals surface area contributed by atoms with E-state index in [0.29, 0.717) is 47.0 Å². The summed E-state index contributed by atoms with van der Waals surface area (Å²) in [4.78, 5) is 29.3. The van der Waals surface area contributed by atoms with E-state index in [-0.39, 0.29) is 11.6 Å². The van der Waals surface area contributed by atoms with Crippen LogP contribution in [0.1, 0.15) is 37.0 Å². The first-order valence-electron chi connectivity index (χ1n) is 9.03. The molecular formula is C20H23N3O4. The number of benzene rings is 2. The molecule has 0 aliphatic heterocycles. The Labute approximate surface area is 156 Å². The zero-order chi connectivity index (χ0) is 19.2. The highest BCUT2D eigenvalue weighted by atomic mass is 16.5. The third kappa shape index (κ3) is 4.49. The molecule has 2 aromatic carbocycles. The molecule has 1 aromatic heterocycles. The van der Waals surface area contributed by atoms with Crippen molar-refractivity contribution in [1.29, 1.82) is 0 Å². The summed E-state index contributed by atoms with van der Waals surface area (Å²) in [6.45, 7) is 5.07. The molecule has 0 unspecified atom stereocenters. The van der Waals surface area contributed by atoms with E-state index < -0.39 is 0 Å².